The number of carbonyl (C=O) groups excluding carboxylic acids is 2. The fourth-order valence-corrected chi connectivity index (χ4v) is 1.36. The Hall–Kier alpha value is -2.76. The monoisotopic (exact) mass is 344 g/mol. The molecule has 0 spiro atoms. The fraction of sp³-hybridized carbons (Fsp3) is 0.400. The lowest BCUT2D eigenvalue weighted by atomic mass is 10.2. The molecule has 0 aliphatic carbocycles. The average Bonchev–Trinajstić information content (AvgIpc) is 2.55. The zero-order valence-electron chi connectivity index (χ0n) is 14.8. The molecule has 0 saturated carbocycles. The highest BCUT2D eigenvalue weighted by Gasteiger charge is 2.14. The van der Waals surface area contributed by atoms with Crippen molar-refractivity contribution in [2.24, 2.45) is 5.92 Å². The van der Waals surface area contributed by atoms with Gasteiger partial charge in [-0.2, -0.15) is 0 Å². The number of allylic oxidation sites excluding steroid dienone is 4. The van der Waals surface area contributed by atoms with Gasteiger partial charge in [-0.25, -0.2) is 0 Å². The maximum absolute atomic E-state index is 11.7. The third-order valence-electron chi connectivity index (χ3n) is 2.58. The van der Waals surface area contributed by atoms with Gasteiger partial charge in [0.25, 0.3) is 0 Å². The second-order valence-corrected chi connectivity index (χ2v) is 5.13. The third-order valence-corrected chi connectivity index (χ3v) is 2.58. The molecule has 0 amide bonds. The molecule has 0 aromatic carbocycles. The van der Waals surface area contributed by atoms with Gasteiger partial charge in [0.2, 0.25) is 0 Å². The van der Waals surface area contributed by atoms with Gasteiger partial charge < -0.3 is 14.6 Å². The van der Waals surface area contributed by atoms with Gasteiger partial charge in [-0.3, -0.25) is 9.59 Å². The number of hydrogen-bond donors (Lipinski definition) is 1. The second kappa shape index (κ2) is 14.8. The van der Waals surface area contributed by atoms with Gasteiger partial charge >= 0.3 is 11.9 Å². The summed E-state index contributed by atoms with van der Waals surface area (Å²) in [4.78, 5) is 22.5. The van der Waals surface area contributed by atoms with Crippen molar-refractivity contribution in [3.05, 3.63) is 36.5 Å². The Balaban J connectivity index is 4.56. The minimum Gasteiger partial charge on any atom is -0.466 e. The predicted octanol–water partition coefficient (Wildman–Crippen LogP) is 2.18. The fourth-order valence-electron chi connectivity index (χ4n) is 1.36. The van der Waals surface area contributed by atoms with E-state index in [1.54, 1.807) is 38.2 Å². The van der Waals surface area contributed by atoms with Crippen molar-refractivity contribution in [3.63, 3.8) is 0 Å². The Morgan fingerprint density at radius 3 is 2.40 bits per heavy atom. The van der Waals surface area contributed by atoms with E-state index in [0.29, 0.717) is 6.42 Å². The van der Waals surface area contributed by atoms with Crippen molar-refractivity contribution in [2.75, 3.05) is 13.2 Å². The normalized spacial score (nSPS) is 11.9. The highest BCUT2D eigenvalue weighted by atomic mass is 16.6. The number of aliphatic hydroxyl groups is 1. The lowest BCUT2D eigenvalue weighted by Gasteiger charge is -2.15. The lowest BCUT2D eigenvalue weighted by molar-refractivity contribution is -0.151. The lowest BCUT2D eigenvalue weighted by Crippen LogP contribution is -2.21. The highest BCUT2D eigenvalue weighted by Crippen LogP contribution is 2.07. The molecule has 0 fully saturated rings. The first-order valence-electron chi connectivity index (χ1n) is 7.91. The van der Waals surface area contributed by atoms with Crippen molar-refractivity contribution in [1.29, 1.82) is 0 Å². The van der Waals surface area contributed by atoms with E-state index >= 15 is 0 Å². The summed E-state index contributed by atoms with van der Waals surface area (Å²) >= 11 is 0. The molecule has 0 radical (unpaired) electrons. The molecule has 0 aromatic heterocycles. The molecule has 1 N–H and O–H groups in total. The smallest absolute Gasteiger partial charge is 0.308 e. The van der Waals surface area contributed by atoms with Crippen molar-refractivity contribution in [3.8, 4) is 23.7 Å². The minimum absolute atomic E-state index is 0.0488. The first kappa shape index (κ1) is 22.2. The van der Waals surface area contributed by atoms with Crippen molar-refractivity contribution in [1.82, 2.24) is 0 Å². The molecule has 5 nitrogen and oxygen atoms in total. The molecular formula is C20H24O5. The highest BCUT2D eigenvalue weighted by molar-refractivity contribution is 5.71. The maximum Gasteiger partial charge on any atom is 0.308 e. The van der Waals surface area contributed by atoms with E-state index in [-0.39, 0.29) is 31.1 Å². The van der Waals surface area contributed by atoms with Crippen LogP contribution in [-0.4, -0.2) is 36.4 Å². The molecule has 0 aliphatic heterocycles. The van der Waals surface area contributed by atoms with Gasteiger partial charge in [0.15, 0.2) is 0 Å². The molecule has 0 heterocycles. The molecule has 0 saturated heterocycles. The molecule has 0 aromatic rings. The predicted molar refractivity (Wildman–Crippen MR) is 96.0 cm³/mol. The zero-order valence-corrected chi connectivity index (χ0v) is 14.8. The summed E-state index contributed by atoms with van der Waals surface area (Å²) in [5, 5.41) is 8.51. The van der Waals surface area contributed by atoms with Crippen LogP contribution in [0, 0.1) is 29.6 Å². The van der Waals surface area contributed by atoms with Crippen LogP contribution in [0.3, 0.4) is 0 Å². The van der Waals surface area contributed by atoms with Crippen LogP contribution in [0.15, 0.2) is 36.5 Å². The summed E-state index contributed by atoms with van der Waals surface area (Å²) in [5.41, 5.74) is 0. The Kier molecular flexibility index (Phi) is 13.2. The average molecular weight is 344 g/mol. The molecule has 134 valence electrons. The number of ether oxygens (including phenoxy) is 2. The van der Waals surface area contributed by atoms with Crippen LogP contribution in [0.1, 0.15) is 27.2 Å². The standard InChI is InChI=1S/C20H24O5/c1-17(2)20(23)25-19(14-16-24-18(3)22)13-11-9-7-5-4-6-8-10-12-15-21/h7,9-13,17,19,21H,14-16H2,1-3H3. The number of carbonyl (C=O) groups is 2. The van der Waals surface area contributed by atoms with Crippen LogP contribution < -0.4 is 0 Å². The van der Waals surface area contributed by atoms with E-state index in [0.717, 1.165) is 0 Å². The van der Waals surface area contributed by atoms with Crippen LogP contribution in [-0.2, 0) is 19.1 Å². The molecule has 1 atom stereocenters. The molecule has 25 heavy (non-hydrogen) atoms. The minimum atomic E-state index is -0.477. The van der Waals surface area contributed by atoms with E-state index in [1.807, 2.05) is 0 Å². The summed E-state index contributed by atoms with van der Waals surface area (Å²) in [6.45, 7) is 4.96. The van der Waals surface area contributed by atoms with Crippen LogP contribution in [0.5, 0.6) is 0 Å². The zero-order chi connectivity index (χ0) is 18.9. The van der Waals surface area contributed by atoms with E-state index in [4.69, 9.17) is 14.6 Å². The van der Waals surface area contributed by atoms with Crippen LogP contribution in [0.2, 0.25) is 0 Å². The molecule has 0 rings (SSSR count). The first-order chi connectivity index (χ1) is 12.0. The Labute approximate surface area is 149 Å². The van der Waals surface area contributed by atoms with E-state index in [2.05, 4.69) is 23.7 Å². The van der Waals surface area contributed by atoms with Gasteiger partial charge in [0.05, 0.1) is 19.1 Å². The molecule has 0 bridgehead atoms. The van der Waals surface area contributed by atoms with E-state index in [9.17, 15) is 9.59 Å². The first-order valence-corrected chi connectivity index (χ1v) is 7.91. The SMILES string of the molecule is CC(=O)OCCC(C=CC=CC#CC#CC=CCO)OC(=O)C(C)C. The quantitative estimate of drug-likeness (QED) is 0.415. The summed E-state index contributed by atoms with van der Waals surface area (Å²) in [7, 11) is 0. The summed E-state index contributed by atoms with van der Waals surface area (Å²) < 4.78 is 10.2. The van der Waals surface area contributed by atoms with Gasteiger partial charge in [0, 0.05) is 13.3 Å². The van der Waals surface area contributed by atoms with Gasteiger partial charge in [0.1, 0.15) is 6.10 Å². The number of esters is 2. The summed E-state index contributed by atoms with van der Waals surface area (Å²) in [5.74, 6) is 9.67. The topological polar surface area (TPSA) is 72.8 Å². The number of hydrogen-bond acceptors (Lipinski definition) is 5. The van der Waals surface area contributed by atoms with Crippen LogP contribution >= 0.6 is 0 Å². The third kappa shape index (κ3) is 14.6. The molecule has 0 aliphatic rings. The Bertz CT molecular complexity index is 618. The number of rotatable bonds is 8. The Morgan fingerprint density at radius 1 is 1.12 bits per heavy atom. The van der Waals surface area contributed by atoms with Crippen LogP contribution in [0.25, 0.3) is 0 Å². The van der Waals surface area contributed by atoms with Crippen molar-refractivity contribution >= 4 is 11.9 Å². The largest absolute Gasteiger partial charge is 0.466 e. The maximum atomic E-state index is 11.7. The summed E-state index contributed by atoms with van der Waals surface area (Å²) in [6, 6.07) is 0. The van der Waals surface area contributed by atoms with E-state index < -0.39 is 6.10 Å². The van der Waals surface area contributed by atoms with Gasteiger partial charge in [-0.15, -0.1) is 0 Å². The molecular weight excluding hydrogens is 320 g/mol. The summed E-state index contributed by atoms with van der Waals surface area (Å²) in [6.07, 6.45) is 9.66. The van der Waals surface area contributed by atoms with Gasteiger partial charge in [-0.05, 0) is 30.1 Å². The number of aliphatic hydroxyl groups excluding tert-OH is 1. The van der Waals surface area contributed by atoms with Crippen LogP contribution in [0.4, 0.5) is 0 Å². The second-order valence-electron chi connectivity index (χ2n) is 5.13. The van der Waals surface area contributed by atoms with E-state index in [1.165, 1.54) is 19.1 Å². The van der Waals surface area contributed by atoms with Crippen molar-refractivity contribution < 1.29 is 24.2 Å². The molecule has 5 heteroatoms. The Morgan fingerprint density at radius 2 is 1.80 bits per heavy atom. The van der Waals surface area contributed by atoms with Gasteiger partial charge in [-0.1, -0.05) is 43.9 Å². The van der Waals surface area contributed by atoms with Crippen molar-refractivity contribution in [2.45, 2.75) is 33.3 Å². The molecule has 1 unspecified atom stereocenters.